The fraction of sp³-hybridized carbons (Fsp3) is 0.952. The lowest BCUT2D eigenvalue weighted by Crippen LogP contribution is -2.71. The third-order valence-electron chi connectivity index (χ3n) is 16.6. The highest BCUT2D eigenvalue weighted by Gasteiger charge is 2.74. The Morgan fingerprint density at radius 1 is 0.750 bits per heavy atom. The Balaban J connectivity index is 1.39. The molecule has 6 rings (SSSR count). The van der Waals surface area contributed by atoms with Crippen molar-refractivity contribution >= 4 is 0 Å². The molecular weight excluding hydrogens is 728 g/mol. The van der Waals surface area contributed by atoms with E-state index in [0.717, 1.165) is 12.0 Å². The molecule has 4 aliphatic carbocycles. The van der Waals surface area contributed by atoms with Crippen molar-refractivity contribution in [2.75, 3.05) is 13.2 Å². The van der Waals surface area contributed by atoms with Gasteiger partial charge in [-0.1, -0.05) is 46.3 Å². The van der Waals surface area contributed by atoms with Gasteiger partial charge in [-0.3, -0.25) is 0 Å². The van der Waals surface area contributed by atoms with Crippen LogP contribution in [0.4, 0.5) is 0 Å². The summed E-state index contributed by atoms with van der Waals surface area (Å²) in [4.78, 5) is 0. The fourth-order valence-electron chi connectivity index (χ4n) is 13.5. The molecule has 21 atom stereocenters. The highest BCUT2D eigenvalue weighted by Crippen LogP contribution is 2.76. The Hall–Kier alpha value is -0.820. The largest absolute Gasteiger partial charge is 0.394 e. The van der Waals surface area contributed by atoms with Crippen LogP contribution in [0.25, 0.3) is 0 Å². The van der Waals surface area contributed by atoms with Gasteiger partial charge in [-0.15, -0.1) is 0 Å². The van der Waals surface area contributed by atoms with E-state index in [-0.39, 0.29) is 23.7 Å². The SMILES string of the molecule is CC(C)=CCCC(C)(O[C@@H]1O[C@H](CO)[C@@H](O)[C@H](O)[C@H]1O)[C@H]1CC[C@]2(C)[C@@H]1[C@H](O)C[C@@H]1[C@@]3(C)CC[C@H](O)C(C)(C)[C@@H]3[C@@H](O[C@@H]3O[C@H](CO)[C@@H](O)[C@H](O)[C@H]3O)C[C@]12C. The Morgan fingerprint density at radius 3 is 1.89 bits per heavy atom. The van der Waals surface area contributed by atoms with Crippen molar-refractivity contribution in [1.29, 1.82) is 0 Å². The summed E-state index contributed by atoms with van der Waals surface area (Å²) < 4.78 is 25.4. The lowest BCUT2D eigenvalue weighted by molar-refractivity contribution is -0.349. The summed E-state index contributed by atoms with van der Waals surface area (Å²) in [5.74, 6) is -0.781. The molecular formula is C42H72O14. The van der Waals surface area contributed by atoms with Gasteiger partial charge in [0.15, 0.2) is 12.6 Å². The highest BCUT2D eigenvalue weighted by atomic mass is 16.7. The van der Waals surface area contributed by atoms with E-state index in [0.29, 0.717) is 44.9 Å². The second-order valence-corrected chi connectivity index (χ2v) is 20.2. The normalized spacial score (nSPS) is 52.6. The third kappa shape index (κ3) is 7.06. The minimum absolute atomic E-state index is 0.000258. The molecule has 2 aliphatic heterocycles. The summed E-state index contributed by atoms with van der Waals surface area (Å²) in [5, 5.41) is 109. The zero-order chi connectivity index (χ0) is 41.5. The van der Waals surface area contributed by atoms with Crippen LogP contribution in [0.2, 0.25) is 0 Å². The van der Waals surface area contributed by atoms with Gasteiger partial charge < -0.3 is 70.0 Å². The monoisotopic (exact) mass is 800 g/mol. The minimum Gasteiger partial charge on any atom is -0.394 e. The molecule has 2 saturated heterocycles. The molecule has 0 spiro atoms. The maximum absolute atomic E-state index is 12.6. The zero-order valence-corrected chi connectivity index (χ0v) is 34.6. The van der Waals surface area contributed by atoms with E-state index >= 15 is 0 Å². The van der Waals surface area contributed by atoms with Gasteiger partial charge in [0.25, 0.3) is 0 Å². The highest BCUT2D eigenvalue weighted by molar-refractivity contribution is 5.22. The van der Waals surface area contributed by atoms with Crippen LogP contribution in [0.5, 0.6) is 0 Å². The second kappa shape index (κ2) is 15.9. The van der Waals surface area contributed by atoms with Gasteiger partial charge in [-0.05, 0) is 117 Å². The van der Waals surface area contributed by atoms with Crippen LogP contribution in [0.3, 0.4) is 0 Å². The first-order valence-corrected chi connectivity index (χ1v) is 21.0. The Kier molecular flexibility index (Phi) is 12.7. The zero-order valence-electron chi connectivity index (χ0n) is 34.6. The molecule has 324 valence electrons. The number of rotatable bonds is 10. The van der Waals surface area contributed by atoms with E-state index in [1.54, 1.807) is 0 Å². The first-order chi connectivity index (χ1) is 26.0. The molecule has 0 aromatic heterocycles. The second-order valence-electron chi connectivity index (χ2n) is 20.2. The van der Waals surface area contributed by atoms with E-state index in [9.17, 15) is 51.1 Å². The Morgan fingerprint density at radius 2 is 1.32 bits per heavy atom. The van der Waals surface area contributed by atoms with Crippen LogP contribution in [0.1, 0.15) is 107 Å². The van der Waals surface area contributed by atoms with Crippen molar-refractivity contribution in [3.05, 3.63) is 11.6 Å². The van der Waals surface area contributed by atoms with Crippen LogP contribution in [-0.4, -0.2) is 150 Å². The molecule has 14 heteroatoms. The van der Waals surface area contributed by atoms with Gasteiger partial charge in [-0.2, -0.15) is 0 Å². The molecule has 6 aliphatic rings. The van der Waals surface area contributed by atoms with Crippen LogP contribution in [-0.2, 0) is 18.9 Å². The van der Waals surface area contributed by atoms with Gasteiger partial charge in [-0.25, -0.2) is 0 Å². The first kappa shape index (κ1) is 44.7. The summed E-state index contributed by atoms with van der Waals surface area (Å²) in [5.41, 5.74) is -1.92. The summed E-state index contributed by atoms with van der Waals surface area (Å²) >= 11 is 0. The fourth-order valence-corrected chi connectivity index (χ4v) is 13.5. The average Bonchev–Trinajstić information content (AvgIpc) is 3.52. The molecule has 0 amide bonds. The maximum atomic E-state index is 12.6. The van der Waals surface area contributed by atoms with Crippen molar-refractivity contribution in [3.63, 3.8) is 0 Å². The van der Waals surface area contributed by atoms with Crippen molar-refractivity contribution in [2.24, 2.45) is 45.3 Å². The predicted molar refractivity (Wildman–Crippen MR) is 202 cm³/mol. The minimum atomic E-state index is -1.61. The van der Waals surface area contributed by atoms with Gasteiger partial charge in [0.05, 0.1) is 37.1 Å². The average molecular weight is 801 g/mol. The number of hydrogen-bond acceptors (Lipinski definition) is 14. The summed E-state index contributed by atoms with van der Waals surface area (Å²) in [6.07, 6.45) is -9.52. The molecule has 1 unspecified atom stereocenters. The topological polar surface area (TPSA) is 239 Å². The molecule has 0 aromatic carbocycles. The molecule has 14 nitrogen and oxygen atoms in total. The summed E-state index contributed by atoms with van der Waals surface area (Å²) in [6.45, 7) is 15.7. The predicted octanol–water partition coefficient (Wildman–Crippen LogP) is 1.12. The maximum Gasteiger partial charge on any atom is 0.187 e. The Bertz CT molecular complexity index is 1400. The van der Waals surface area contributed by atoms with Gasteiger partial charge >= 0.3 is 0 Å². The molecule has 6 fully saturated rings. The molecule has 0 radical (unpaired) electrons. The lowest BCUT2D eigenvalue weighted by Gasteiger charge is -2.72. The molecule has 4 saturated carbocycles. The van der Waals surface area contributed by atoms with Crippen molar-refractivity contribution in [1.82, 2.24) is 0 Å². The molecule has 0 bridgehead atoms. The molecule has 10 N–H and O–H groups in total. The van der Waals surface area contributed by atoms with E-state index < -0.39 is 120 Å². The van der Waals surface area contributed by atoms with E-state index in [1.807, 2.05) is 34.6 Å². The lowest BCUT2D eigenvalue weighted by atomic mass is 9.34. The number of fused-ring (bicyclic) bond motifs is 5. The van der Waals surface area contributed by atoms with Crippen molar-refractivity contribution < 1.29 is 70.0 Å². The first-order valence-electron chi connectivity index (χ1n) is 21.0. The van der Waals surface area contributed by atoms with Crippen molar-refractivity contribution in [2.45, 2.75) is 192 Å². The van der Waals surface area contributed by atoms with Crippen molar-refractivity contribution in [3.8, 4) is 0 Å². The van der Waals surface area contributed by atoms with E-state index in [2.05, 4.69) is 26.8 Å². The smallest absolute Gasteiger partial charge is 0.187 e. The quantitative estimate of drug-likeness (QED) is 0.110. The van der Waals surface area contributed by atoms with E-state index in [1.165, 1.54) is 0 Å². The number of aliphatic hydroxyl groups is 10. The van der Waals surface area contributed by atoms with Gasteiger partial charge in [0.1, 0.15) is 48.8 Å². The van der Waals surface area contributed by atoms with E-state index in [4.69, 9.17) is 18.9 Å². The molecule has 0 aromatic rings. The van der Waals surface area contributed by atoms with Gasteiger partial charge in [0.2, 0.25) is 0 Å². The Labute approximate surface area is 331 Å². The molecule has 2 heterocycles. The van der Waals surface area contributed by atoms with Crippen LogP contribution >= 0.6 is 0 Å². The molecule has 56 heavy (non-hydrogen) atoms. The number of allylic oxidation sites excluding steroid dienone is 2. The standard InChI is InChI=1S/C42H72O14/c1-20(2)10-9-13-42(8,56-37-34(52)32(50)30(48)25(19-44)55-37)21-11-15-40(6)28(21)22(45)16-26-39(5)14-12-27(46)38(3,4)35(39)23(17-41(26,40)7)53-36-33(51)31(49)29(47)24(18-43)54-36/h10,21-37,43-52H,9,11-19H2,1-8H3/t21-,22+,23-,24+,25+,26+,27-,28-,29+,30+,31-,32-,33+,34+,35-,36+,37-,39+,40+,41+,42?/m0/s1. The third-order valence-corrected chi connectivity index (χ3v) is 16.6. The summed E-state index contributed by atoms with van der Waals surface area (Å²) in [6, 6.07) is 0. The van der Waals surface area contributed by atoms with Crippen LogP contribution < -0.4 is 0 Å². The van der Waals surface area contributed by atoms with Crippen LogP contribution in [0, 0.1) is 45.3 Å². The van der Waals surface area contributed by atoms with Crippen LogP contribution in [0.15, 0.2) is 11.6 Å². The number of ether oxygens (including phenoxy) is 4. The number of hydrogen-bond donors (Lipinski definition) is 10. The van der Waals surface area contributed by atoms with Gasteiger partial charge in [0, 0.05) is 0 Å². The number of aliphatic hydroxyl groups excluding tert-OH is 10. The summed E-state index contributed by atoms with van der Waals surface area (Å²) in [7, 11) is 0.